The number of carboxylic acid groups (broad SMARTS) is 1. The van der Waals surface area contributed by atoms with Gasteiger partial charge in [-0.25, -0.2) is 9.59 Å². The lowest BCUT2D eigenvalue weighted by Gasteiger charge is -2.18. The van der Waals surface area contributed by atoms with Gasteiger partial charge in [0.15, 0.2) is 6.10 Å². The van der Waals surface area contributed by atoms with E-state index in [4.69, 9.17) is 14.9 Å². The molecule has 0 radical (unpaired) electrons. The highest BCUT2D eigenvalue weighted by atomic mass is 16.5. The van der Waals surface area contributed by atoms with Gasteiger partial charge in [-0.15, -0.1) is 0 Å². The van der Waals surface area contributed by atoms with Crippen molar-refractivity contribution >= 4 is 12.0 Å². The molecule has 1 atom stereocenters. The highest BCUT2D eigenvalue weighted by Gasteiger charge is 2.21. The zero-order chi connectivity index (χ0) is 14.3. The number of nitrogens with one attached hydrogen (secondary N) is 1. The third-order valence-corrected chi connectivity index (χ3v) is 2.95. The van der Waals surface area contributed by atoms with Crippen LogP contribution in [0.25, 0.3) is 0 Å². The van der Waals surface area contributed by atoms with Crippen molar-refractivity contribution in [3.05, 3.63) is 0 Å². The fourth-order valence-electron chi connectivity index (χ4n) is 1.41. The molecule has 1 unspecified atom stereocenters. The highest BCUT2D eigenvalue weighted by Crippen LogP contribution is 2.28. The van der Waals surface area contributed by atoms with Crippen molar-refractivity contribution < 1.29 is 24.5 Å². The summed E-state index contributed by atoms with van der Waals surface area (Å²) in [6, 6.07) is -0.299. The molecule has 1 aliphatic carbocycles. The Morgan fingerprint density at radius 2 is 2.16 bits per heavy atom. The molecule has 1 fully saturated rings. The molecule has 1 saturated carbocycles. The molecule has 0 heterocycles. The molecule has 0 aromatic heterocycles. The van der Waals surface area contributed by atoms with E-state index in [1.165, 1.54) is 17.7 Å². The van der Waals surface area contributed by atoms with Crippen LogP contribution in [0.15, 0.2) is 0 Å². The van der Waals surface area contributed by atoms with Crippen molar-refractivity contribution in [2.24, 2.45) is 5.92 Å². The van der Waals surface area contributed by atoms with Crippen LogP contribution in [0.4, 0.5) is 4.79 Å². The third-order valence-electron chi connectivity index (χ3n) is 2.95. The van der Waals surface area contributed by atoms with E-state index in [2.05, 4.69) is 5.32 Å². The second-order valence-corrected chi connectivity index (χ2v) is 4.81. The lowest BCUT2D eigenvalue weighted by Crippen LogP contribution is -2.40. The molecule has 3 N–H and O–H groups in total. The predicted octanol–water partition coefficient (Wildman–Crippen LogP) is -0.110. The number of aliphatic hydroxyl groups is 1. The number of aliphatic carboxylic acids is 1. The second kappa shape index (κ2) is 7.96. The minimum atomic E-state index is -1.44. The standard InChI is InChI=1S/C12H22N2O5/c1-14(6-7-19-8-9-2-3-9)12(18)13-5-4-10(15)11(16)17/h9-10,15H,2-8H2,1H3,(H,13,18)(H,16,17). The molecular formula is C12H22N2O5. The number of carboxylic acids is 1. The minimum absolute atomic E-state index is 0.00685. The fraction of sp³-hybridized carbons (Fsp3) is 0.833. The Kier molecular flexibility index (Phi) is 6.58. The number of ether oxygens (including phenoxy) is 1. The normalized spacial score (nSPS) is 15.9. The van der Waals surface area contributed by atoms with E-state index in [-0.39, 0.29) is 19.0 Å². The first-order valence-corrected chi connectivity index (χ1v) is 6.48. The van der Waals surface area contributed by atoms with E-state index < -0.39 is 12.1 Å². The Bertz CT molecular complexity index is 306. The molecule has 19 heavy (non-hydrogen) atoms. The quantitative estimate of drug-likeness (QED) is 0.509. The number of hydrogen-bond donors (Lipinski definition) is 3. The van der Waals surface area contributed by atoms with Gasteiger partial charge in [0.25, 0.3) is 0 Å². The van der Waals surface area contributed by atoms with Gasteiger partial charge in [0.1, 0.15) is 0 Å². The summed E-state index contributed by atoms with van der Waals surface area (Å²) in [5.41, 5.74) is 0. The monoisotopic (exact) mass is 274 g/mol. The Hall–Kier alpha value is -1.34. The summed E-state index contributed by atoms with van der Waals surface area (Å²) in [7, 11) is 1.64. The molecule has 1 aliphatic rings. The molecular weight excluding hydrogens is 252 g/mol. The van der Waals surface area contributed by atoms with Crippen LogP contribution in [0.3, 0.4) is 0 Å². The summed E-state index contributed by atoms with van der Waals surface area (Å²) in [5, 5.41) is 20.0. The van der Waals surface area contributed by atoms with Gasteiger partial charge in [-0.05, 0) is 18.8 Å². The van der Waals surface area contributed by atoms with Gasteiger partial charge in [0, 0.05) is 33.2 Å². The summed E-state index contributed by atoms with van der Waals surface area (Å²) < 4.78 is 5.41. The highest BCUT2D eigenvalue weighted by molar-refractivity contribution is 5.74. The van der Waals surface area contributed by atoms with Crippen LogP contribution >= 0.6 is 0 Å². The van der Waals surface area contributed by atoms with Gasteiger partial charge in [0.2, 0.25) is 0 Å². The van der Waals surface area contributed by atoms with Crippen LogP contribution in [0.1, 0.15) is 19.3 Å². The van der Waals surface area contributed by atoms with Crippen molar-refractivity contribution in [3.63, 3.8) is 0 Å². The van der Waals surface area contributed by atoms with Gasteiger partial charge in [-0.3, -0.25) is 0 Å². The number of carbonyl (C=O) groups is 2. The number of nitrogens with zero attached hydrogens (tertiary/aromatic N) is 1. The van der Waals surface area contributed by atoms with Crippen LogP contribution in [-0.2, 0) is 9.53 Å². The van der Waals surface area contributed by atoms with Gasteiger partial charge < -0.3 is 25.2 Å². The fourth-order valence-corrected chi connectivity index (χ4v) is 1.41. The maximum absolute atomic E-state index is 11.6. The lowest BCUT2D eigenvalue weighted by molar-refractivity contribution is -0.146. The van der Waals surface area contributed by atoms with Gasteiger partial charge in [-0.1, -0.05) is 0 Å². The smallest absolute Gasteiger partial charge is 0.332 e. The molecule has 2 amide bonds. The number of aliphatic hydroxyl groups excluding tert-OH is 1. The van der Waals surface area contributed by atoms with Gasteiger partial charge in [-0.2, -0.15) is 0 Å². The first kappa shape index (κ1) is 15.7. The molecule has 0 aromatic carbocycles. The van der Waals surface area contributed by atoms with Crippen LogP contribution in [0, 0.1) is 5.92 Å². The van der Waals surface area contributed by atoms with E-state index in [9.17, 15) is 9.59 Å². The SMILES string of the molecule is CN(CCOCC1CC1)C(=O)NCCC(O)C(=O)O. The molecule has 0 spiro atoms. The topological polar surface area (TPSA) is 99.1 Å². The Morgan fingerprint density at radius 1 is 1.47 bits per heavy atom. The van der Waals surface area contributed by atoms with Crippen LogP contribution in [0.5, 0.6) is 0 Å². The van der Waals surface area contributed by atoms with E-state index >= 15 is 0 Å². The largest absolute Gasteiger partial charge is 0.479 e. The van der Waals surface area contributed by atoms with Gasteiger partial charge >= 0.3 is 12.0 Å². The number of carbonyl (C=O) groups excluding carboxylic acids is 1. The molecule has 7 heteroatoms. The predicted molar refractivity (Wildman–Crippen MR) is 67.8 cm³/mol. The van der Waals surface area contributed by atoms with Crippen LogP contribution < -0.4 is 5.32 Å². The Morgan fingerprint density at radius 3 is 2.74 bits per heavy atom. The maximum atomic E-state index is 11.6. The molecule has 0 aliphatic heterocycles. The zero-order valence-corrected chi connectivity index (χ0v) is 11.2. The summed E-state index contributed by atoms with van der Waals surface area (Å²) in [4.78, 5) is 23.4. The average molecular weight is 274 g/mol. The van der Waals surface area contributed by atoms with Crippen LogP contribution in [0.2, 0.25) is 0 Å². The first-order chi connectivity index (χ1) is 9.00. The zero-order valence-electron chi connectivity index (χ0n) is 11.2. The van der Waals surface area contributed by atoms with E-state index in [0.717, 1.165) is 6.61 Å². The lowest BCUT2D eigenvalue weighted by atomic mass is 10.2. The van der Waals surface area contributed by atoms with E-state index in [1.54, 1.807) is 7.05 Å². The molecule has 0 aromatic rings. The number of urea groups is 1. The summed E-state index contributed by atoms with van der Waals surface area (Å²) in [5.74, 6) is -0.576. The second-order valence-electron chi connectivity index (χ2n) is 4.81. The molecule has 0 bridgehead atoms. The van der Waals surface area contributed by atoms with Crippen molar-refractivity contribution in [2.75, 3.05) is 33.4 Å². The number of likely N-dealkylation sites (N-methyl/N-ethyl adjacent to an activating group) is 1. The molecule has 1 rings (SSSR count). The summed E-state index contributed by atoms with van der Waals surface area (Å²) in [6.07, 6.45) is 1.03. The first-order valence-electron chi connectivity index (χ1n) is 6.48. The summed E-state index contributed by atoms with van der Waals surface area (Å²) >= 11 is 0. The Labute approximate surface area is 112 Å². The molecule has 110 valence electrons. The van der Waals surface area contributed by atoms with Crippen molar-refractivity contribution in [1.82, 2.24) is 10.2 Å². The average Bonchev–Trinajstić information content (AvgIpc) is 3.17. The maximum Gasteiger partial charge on any atom is 0.332 e. The summed E-state index contributed by atoms with van der Waals surface area (Å²) in [6.45, 7) is 1.87. The molecule has 0 saturated heterocycles. The van der Waals surface area contributed by atoms with Gasteiger partial charge in [0.05, 0.1) is 6.61 Å². The van der Waals surface area contributed by atoms with E-state index in [0.29, 0.717) is 19.1 Å². The number of rotatable bonds is 9. The van der Waals surface area contributed by atoms with Crippen molar-refractivity contribution in [1.29, 1.82) is 0 Å². The number of hydrogen-bond acceptors (Lipinski definition) is 4. The van der Waals surface area contributed by atoms with Crippen LogP contribution in [-0.4, -0.2) is 66.6 Å². The third kappa shape index (κ3) is 6.97. The number of amides is 2. The van der Waals surface area contributed by atoms with Crippen molar-refractivity contribution in [3.8, 4) is 0 Å². The van der Waals surface area contributed by atoms with Crippen molar-refractivity contribution in [2.45, 2.75) is 25.4 Å². The minimum Gasteiger partial charge on any atom is -0.479 e. The Balaban J connectivity index is 2.01. The van der Waals surface area contributed by atoms with E-state index in [1.807, 2.05) is 0 Å². The molecule has 7 nitrogen and oxygen atoms in total.